The van der Waals surface area contributed by atoms with Crippen molar-refractivity contribution in [3.05, 3.63) is 60.2 Å². The van der Waals surface area contributed by atoms with Gasteiger partial charge in [0.05, 0.1) is 5.92 Å². The predicted octanol–water partition coefficient (Wildman–Crippen LogP) is 1.75. The molecular weight excluding hydrogens is 294 g/mol. The van der Waals surface area contributed by atoms with Crippen LogP contribution in [0.5, 0.6) is 0 Å². The molecular formula is C18H19NO4. The summed E-state index contributed by atoms with van der Waals surface area (Å²) in [5.74, 6) is -1.07. The van der Waals surface area contributed by atoms with E-state index in [1.807, 2.05) is 42.5 Å². The van der Waals surface area contributed by atoms with Gasteiger partial charge >= 0.3 is 11.9 Å². The largest absolute Gasteiger partial charge is 0.460 e. The van der Waals surface area contributed by atoms with E-state index in [9.17, 15) is 9.59 Å². The molecule has 1 aromatic rings. The third-order valence-electron chi connectivity index (χ3n) is 3.93. The smallest absolute Gasteiger partial charge is 0.327 e. The minimum absolute atomic E-state index is 0.215. The Labute approximate surface area is 135 Å². The molecule has 1 fully saturated rings. The molecule has 2 atom stereocenters. The Morgan fingerprint density at radius 3 is 2.57 bits per heavy atom. The molecule has 23 heavy (non-hydrogen) atoms. The lowest BCUT2D eigenvalue weighted by Gasteiger charge is -2.20. The zero-order chi connectivity index (χ0) is 16.1. The van der Waals surface area contributed by atoms with Crippen molar-refractivity contribution in [1.29, 1.82) is 0 Å². The van der Waals surface area contributed by atoms with Crippen molar-refractivity contribution in [3.8, 4) is 0 Å². The van der Waals surface area contributed by atoms with Gasteiger partial charge in [0.1, 0.15) is 18.8 Å². The summed E-state index contributed by atoms with van der Waals surface area (Å²) >= 11 is 0. The fourth-order valence-corrected chi connectivity index (χ4v) is 2.68. The average molecular weight is 313 g/mol. The third-order valence-corrected chi connectivity index (χ3v) is 3.93. The van der Waals surface area contributed by atoms with Crippen molar-refractivity contribution in [3.63, 3.8) is 0 Å². The van der Waals surface area contributed by atoms with Crippen molar-refractivity contribution in [2.75, 3.05) is 6.54 Å². The number of ether oxygens (including phenoxy) is 2. The molecule has 1 aliphatic heterocycles. The number of hydrogen-bond donors (Lipinski definition) is 1. The van der Waals surface area contributed by atoms with Gasteiger partial charge in [-0.3, -0.25) is 9.59 Å². The molecule has 1 saturated heterocycles. The maximum Gasteiger partial charge on any atom is 0.327 e. The molecule has 5 nitrogen and oxygen atoms in total. The number of hydrogen-bond acceptors (Lipinski definition) is 5. The van der Waals surface area contributed by atoms with E-state index in [0.29, 0.717) is 13.0 Å². The Hall–Kier alpha value is -2.40. The number of carbonyl (C=O) groups excluding carboxylic acids is 2. The number of esters is 2. The topological polar surface area (TPSA) is 64.6 Å². The van der Waals surface area contributed by atoms with Crippen LogP contribution in [-0.4, -0.2) is 30.6 Å². The molecule has 0 spiro atoms. The van der Waals surface area contributed by atoms with Crippen molar-refractivity contribution in [2.24, 2.45) is 5.92 Å². The first-order chi connectivity index (χ1) is 11.2. The van der Waals surface area contributed by atoms with Gasteiger partial charge in [-0.2, -0.15) is 0 Å². The van der Waals surface area contributed by atoms with Gasteiger partial charge in [-0.15, -0.1) is 0 Å². The highest BCUT2D eigenvalue weighted by Crippen LogP contribution is 2.18. The summed E-state index contributed by atoms with van der Waals surface area (Å²) in [6.45, 7) is 0.839. The maximum atomic E-state index is 12.2. The number of nitrogens with one attached hydrogen (secondary N) is 1. The molecule has 5 heteroatoms. The average Bonchev–Trinajstić information content (AvgIpc) is 3.25. The van der Waals surface area contributed by atoms with Crippen LogP contribution in [0.2, 0.25) is 0 Å². The van der Waals surface area contributed by atoms with Gasteiger partial charge in [-0.05, 0) is 18.5 Å². The highest BCUT2D eigenvalue weighted by Gasteiger charge is 2.37. The maximum absolute atomic E-state index is 12.2. The predicted molar refractivity (Wildman–Crippen MR) is 84.3 cm³/mol. The van der Waals surface area contributed by atoms with Crippen LogP contribution in [-0.2, 0) is 25.7 Å². The summed E-state index contributed by atoms with van der Waals surface area (Å²) in [5.41, 5.74) is 0.925. The van der Waals surface area contributed by atoms with Gasteiger partial charge in [0.15, 0.2) is 0 Å². The van der Waals surface area contributed by atoms with Crippen LogP contribution in [0, 0.1) is 5.92 Å². The SMILES string of the molecule is O=C(O[C@H]1CCN[C@@H]1C(=O)OCc1ccccc1)C1C=CC=C1. The number of allylic oxidation sites excluding steroid dienone is 2. The summed E-state index contributed by atoms with van der Waals surface area (Å²) in [5, 5.41) is 3.05. The summed E-state index contributed by atoms with van der Waals surface area (Å²) < 4.78 is 10.8. The van der Waals surface area contributed by atoms with Crippen LogP contribution in [0.3, 0.4) is 0 Å². The summed E-state index contributed by atoms with van der Waals surface area (Å²) in [4.78, 5) is 24.3. The molecule has 3 rings (SSSR count). The van der Waals surface area contributed by atoms with Crippen LogP contribution in [0.4, 0.5) is 0 Å². The first-order valence-corrected chi connectivity index (χ1v) is 7.73. The Morgan fingerprint density at radius 2 is 1.83 bits per heavy atom. The van der Waals surface area contributed by atoms with Crippen LogP contribution >= 0.6 is 0 Å². The minimum Gasteiger partial charge on any atom is -0.460 e. The minimum atomic E-state index is -0.600. The van der Waals surface area contributed by atoms with E-state index in [1.165, 1.54) is 0 Å². The quantitative estimate of drug-likeness (QED) is 0.839. The number of carbonyl (C=O) groups is 2. The first-order valence-electron chi connectivity index (χ1n) is 7.73. The van der Waals surface area contributed by atoms with Crippen molar-refractivity contribution in [1.82, 2.24) is 5.32 Å². The summed E-state index contributed by atoms with van der Waals surface area (Å²) in [7, 11) is 0. The first kappa shape index (κ1) is 15.5. The van der Waals surface area contributed by atoms with E-state index in [-0.39, 0.29) is 24.5 Å². The second-order valence-corrected chi connectivity index (χ2v) is 5.58. The lowest BCUT2D eigenvalue weighted by atomic mass is 10.1. The highest BCUT2D eigenvalue weighted by atomic mass is 16.6. The molecule has 0 radical (unpaired) electrons. The third kappa shape index (κ3) is 3.87. The van der Waals surface area contributed by atoms with E-state index in [2.05, 4.69) is 5.32 Å². The van der Waals surface area contributed by atoms with E-state index >= 15 is 0 Å². The molecule has 1 N–H and O–H groups in total. The van der Waals surface area contributed by atoms with Gasteiger partial charge in [0.2, 0.25) is 0 Å². The zero-order valence-electron chi connectivity index (χ0n) is 12.7. The molecule has 0 aromatic heterocycles. The Balaban J connectivity index is 1.53. The normalized spacial score (nSPS) is 23.1. The molecule has 0 amide bonds. The molecule has 1 aromatic carbocycles. The molecule has 1 heterocycles. The molecule has 0 unspecified atom stereocenters. The number of rotatable bonds is 5. The van der Waals surface area contributed by atoms with Crippen LogP contribution in [0.1, 0.15) is 12.0 Å². The monoisotopic (exact) mass is 313 g/mol. The van der Waals surface area contributed by atoms with Gasteiger partial charge < -0.3 is 14.8 Å². The van der Waals surface area contributed by atoms with E-state index in [0.717, 1.165) is 5.56 Å². The van der Waals surface area contributed by atoms with Crippen LogP contribution in [0.25, 0.3) is 0 Å². The Morgan fingerprint density at radius 1 is 1.09 bits per heavy atom. The van der Waals surface area contributed by atoms with E-state index in [1.54, 1.807) is 12.2 Å². The fraction of sp³-hybridized carbons (Fsp3) is 0.333. The van der Waals surface area contributed by atoms with Crippen molar-refractivity contribution < 1.29 is 19.1 Å². The summed E-state index contributed by atoms with van der Waals surface area (Å²) in [6, 6.07) is 8.88. The second-order valence-electron chi connectivity index (χ2n) is 5.58. The fourth-order valence-electron chi connectivity index (χ4n) is 2.68. The second kappa shape index (κ2) is 7.24. The van der Waals surface area contributed by atoms with Gasteiger partial charge in [0, 0.05) is 0 Å². The van der Waals surface area contributed by atoms with Gasteiger partial charge in [0.25, 0.3) is 0 Å². The molecule has 1 aliphatic carbocycles. The number of benzene rings is 1. The Bertz CT molecular complexity index is 611. The summed E-state index contributed by atoms with van der Waals surface area (Å²) in [6.07, 6.45) is 7.29. The van der Waals surface area contributed by atoms with Crippen LogP contribution in [0.15, 0.2) is 54.6 Å². The Kier molecular flexibility index (Phi) is 4.88. The van der Waals surface area contributed by atoms with E-state index in [4.69, 9.17) is 9.47 Å². The highest BCUT2D eigenvalue weighted by molar-refractivity contribution is 5.80. The molecule has 0 saturated carbocycles. The zero-order valence-corrected chi connectivity index (χ0v) is 12.7. The van der Waals surface area contributed by atoms with Crippen molar-refractivity contribution in [2.45, 2.75) is 25.2 Å². The lowest BCUT2D eigenvalue weighted by Crippen LogP contribution is -2.42. The van der Waals surface area contributed by atoms with E-state index < -0.39 is 12.1 Å². The van der Waals surface area contributed by atoms with Crippen molar-refractivity contribution >= 4 is 11.9 Å². The van der Waals surface area contributed by atoms with Crippen LogP contribution < -0.4 is 5.32 Å². The lowest BCUT2D eigenvalue weighted by molar-refractivity contribution is -0.158. The van der Waals surface area contributed by atoms with Gasteiger partial charge in [-0.1, -0.05) is 54.6 Å². The standard InChI is InChI=1S/C18H19NO4/c20-17(14-8-4-5-9-14)23-15-10-11-19-16(15)18(21)22-12-13-6-2-1-3-7-13/h1-9,14-16,19H,10-12H2/t15-,16-/m0/s1. The molecule has 2 aliphatic rings. The molecule has 120 valence electrons. The van der Waals surface area contributed by atoms with Gasteiger partial charge in [-0.25, -0.2) is 0 Å². The molecule has 0 bridgehead atoms.